The third-order valence-corrected chi connectivity index (χ3v) is 5.90. The fourth-order valence-electron chi connectivity index (χ4n) is 3.54. The molecule has 3 rings (SSSR count). The Kier molecular flexibility index (Phi) is 3.47. The van der Waals surface area contributed by atoms with Crippen molar-refractivity contribution in [1.29, 1.82) is 0 Å². The van der Waals surface area contributed by atoms with Crippen LogP contribution in [0.3, 0.4) is 0 Å². The van der Waals surface area contributed by atoms with E-state index < -0.39 is 0 Å². The molecular formula is C14H20ClNS. The SMILES string of the molecule is Clc1ccc(CNC2CCC23CCCCC3)s1. The van der Waals surface area contributed by atoms with Gasteiger partial charge in [-0.15, -0.1) is 11.3 Å². The molecule has 0 aliphatic heterocycles. The van der Waals surface area contributed by atoms with Gasteiger partial charge in [-0.1, -0.05) is 30.9 Å². The molecule has 2 aliphatic carbocycles. The molecule has 0 saturated heterocycles. The second-order valence-electron chi connectivity index (χ2n) is 5.60. The third kappa shape index (κ3) is 2.40. The summed E-state index contributed by atoms with van der Waals surface area (Å²) in [7, 11) is 0. The quantitative estimate of drug-likeness (QED) is 0.845. The molecule has 1 atom stereocenters. The largest absolute Gasteiger partial charge is 0.309 e. The molecule has 0 aromatic carbocycles. The van der Waals surface area contributed by atoms with E-state index in [-0.39, 0.29) is 0 Å². The van der Waals surface area contributed by atoms with Crippen LogP contribution in [0.2, 0.25) is 4.34 Å². The predicted octanol–water partition coefficient (Wildman–Crippen LogP) is 4.60. The van der Waals surface area contributed by atoms with Gasteiger partial charge in [-0.2, -0.15) is 0 Å². The summed E-state index contributed by atoms with van der Waals surface area (Å²) in [6.45, 7) is 1.00. The molecule has 1 aromatic rings. The van der Waals surface area contributed by atoms with Crippen LogP contribution >= 0.6 is 22.9 Å². The standard InChI is InChI=1S/C14H20ClNS/c15-13-5-4-11(17-13)10-16-12-6-9-14(12)7-2-1-3-8-14/h4-5,12,16H,1-3,6-10H2. The normalized spacial score (nSPS) is 27.0. The summed E-state index contributed by atoms with van der Waals surface area (Å²) in [5, 5.41) is 3.76. The molecular weight excluding hydrogens is 250 g/mol. The molecule has 1 N–H and O–H groups in total. The maximum atomic E-state index is 5.96. The van der Waals surface area contributed by atoms with Crippen LogP contribution in [0.25, 0.3) is 0 Å². The molecule has 0 radical (unpaired) electrons. The number of halogens is 1. The number of nitrogens with one attached hydrogen (secondary N) is 1. The van der Waals surface area contributed by atoms with E-state index in [1.54, 1.807) is 11.3 Å². The third-order valence-electron chi connectivity index (χ3n) is 4.67. The molecule has 1 nitrogen and oxygen atoms in total. The van der Waals surface area contributed by atoms with E-state index in [9.17, 15) is 0 Å². The average molecular weight is 270 g/mol. The number of rotatable bonds is 3. The summed E-state index contributed by atoms with van der Waals surface area (Å²) < 4.78 is 0.905. The van der Waals surface area contributed by atoms with Crippen LogP contribution in [-0.4, -0.2) is 6.04 Å². The van der Waals surface area contributed by atoms with Crippen molar-refractivity contribution in [2.24, 2.45) is 5.41 Å². The Morgan fingerprint density at radius 1 is 1.24 bits per heavy atom. The molecule has 2 aliphatic rings. The van der Waals surface area contributed by atoms with Crippen molar-refractivity contribution >= 4 is 22.9 Å². The van der Waals surface area contributed by atoms with Crippen LogP contribution < -0.4 is 5.32 Å². The second-order valence-corrected chi connectivity index (χ2v) is 7.40. The van der Waals surface area contributed by atoms with Gasteiger partial charge in [-0.05, 0) is 43.2 Å². The summed E-state index contributed by atoms with van der Waals surface area (Å²) in [6.07, 6.45) is 10.1. The van der Waals surface area contributed by atoms with Crippen molar-refractivity contribution in [1.82, 2.24) is 5.32 Å². The Bertz CT molecular complexity index is 381. The minimum atomic E-state index is 0.666. The Morgan fingerprint density at radius 3 is 2.65 bits per heavy atom. The minimum absolute atomic E-state index is 0.666. The van der Waals surface area contributed by atoms with E-state index >= 15 is 0 Å². The Labute approximate surface area is 113 Å². The molecule has 2 saturated carbocycles. The van der Waals surface area contributed by atoms with Gasteiger partial charge in [0.1, 0.15) is 0 Å². The summed E-state index contributed by atoms with van der Waals surface area (Å²) in [4.78, 5) is 1.37. The molecule has 1 unspecified atom stereocenters. The van der Waals surface area contributed by atoms with Gasteiger partial charge in [0, 0.05) is 17.5 Å². The molecule has 1 aromatic heterocycles. The van der Waals surface area contributed by atoms with E-state index in [2.05, 4.69) is 11.4 Å². The predicted molar refractivity (Wildman–Crippen MR) is 74.7 cm³/mol. The summed E-state index contributed by atoms with van der Waals surface area (Å²) in [5.74, 6) is 0. The number of thiophene rings is 1. The fourth-order valence-corrected chi connectivity index (χ4v) is 4.58. The maximum Gasteiger partial charge on any atom is 0.0931 e. The second kappa shape index (κ2) is 4.91. The molecule has 0 amide bonds. The van der Waals surface area contributed by atoms with Gasteiger partial charge < -0.3 is 5.32 Å². The Hall–Kier alpha value is -0.0500. The topological polar surface area (TPSA) is 12.0 Å². The smallest absolute Gasteiger partial charge is 0.0931 e. The fraction of sp³-hybridized carbons (Fsp3) is 0.714. The molecule has 3 heteroatoms. The van der Waals surface area contributed by atoms with Crippen LogP contribution in [0.5, 0.6) is 0 Å². The lowest BCUT2D eigenvalue weighted by molar-refractivity contribution is 0.0223. The molecule has 2 fully saturated rings. The maximum absolute atomic E-state index is 5.96. The first kappa shape index (κ1) is 12.0. The van der Waals surface area contributed by atoms with Gasteiger partial charge in [0.2, 0.25) is 0 Å². The lowest BCUT2D eigenvalue weighted by atomic mass is 9.57. The molecule has 1 spiro atoms. The van der Waals surface area contributed by atoms with Gasteiger partial charge in [-0.25, -0.2) is 0 Å². The zero-order valence-corrected chi connectivity index (χ0v) is 11.7. The van der Waals surface area contributed by atoms with Crippen molar-refractivity contribution in [3.05, 3.63) is 21.3 Å². The van der Waals surface area contributed by atoms with Crippen molar-refractivity contribution in [3.8, 4) is 0 Å². The highest BCUT2D eigenvalue weighted by atomic mass is 35.5. The summed E-state index contributed by atoms with van der Waals surface area (Å²) in [6, 6.07) is 4.91. The van der Waals surface area contributed by atoms with Crippen LogP contribution in [0.15, 0.2) is 12.1 Å². The molecule has 1 heterocycles. The average Bonchev–Trinajstić information content (AvgIpc) is 2.75. The van der Waals surface area contributed by atoms with Gasteiger partial charge in [0.25, 0.3) is 0 Å². The van der Waals surface area contributed by atoms with Gasteiger partial charge in [0.15, 0.2) is 0 Å². The van der Waals surface area contributed by atoms with Crippen molar-refractivity contribution in [3.63, 3.8) is 0 Å². The lowest BCUT2D eigenvalue weighted by Gasteiger charge is -2.52. The van der Waals surface area contributed by atoms with Gasteiger partial charge in [0.05, 0.1) is 4.34 Å². The van der Waals surface area contributed by atoms with Crippen LogP contribution in [-0.2, 0) is 6.54 Å². The first-order valence-corrected chi connectivity index (χ1v) is 7.96. The van der Waals surface area contributed by atoms with E-state index in [0.717, 1.165) is 16.9 Å². The Balaban J connectivity index is 1.55. The monoisotopic (exact) mass is 269 g/mol. The highest BCUT2D eigenvalue weighted by Gasteiger charge is 2.46. The van der Waals surface area contributed by atoms with Crippen LogP contribution in [0.4, 0.5) is 0 Å². The minimum Gasteiger partial charge on any atom is -0.309 e. The van der Waals surface area contributed by atoms with Gasteiger partial charge >= 0.3 is 0 Å². The molecule has 0 bridgehead atoms. The van der Waals surface area contributed by atoms with Crippen LogP contribution in [0.1, 0.15) is 49.8 Å². The zero-order chi connectivity index (χ0) is 11.7. The van der Waals surface area contributed by atoms with E-state index in [1.165, 1.54) is 49.8 Å². The van der Waals surface area contributed by atoms with Crippen molar-refractivity contribution in [2.75, 3.05) is 0 Å². The highest BCUT2D eigenvalue weighted by molar-refractivity contribution is 7.16. The molecule has 17 heavy (non-hydrogen) atoms. The Morgan fingerprint density at radius 2 is 2.06 bits per heavy atom. The van der Waals surface area contributed by atoms with E-state index in [0.29, 0.717) is 5.41 Å². The zero-order valence-electron chi connectivity index (χ0n) is 10.2. The highest BCUT2D eigenvalue weighted by Crippen LogP contribution is 2.51. The molecule has 94 valence electrons. The first-order chi connectivity index (χ1) is 8.28. The lowest BCUT2D eigenvalue weighted by Crippen LogP contribution is -2.53. The summed E-state index contributed by atoms with van der Waals surface area (Å²) in [5.41, 5.74) is 0.666. The van der Waals surface area contributed by atoms with Crippen molar-refractivity contribution < 1.29 is 0 Å². The van der Waals surface area contributed by atoms with Crippen molar-refractivity contribution in [2.45, 2.75) is 57.5 Å². The summed E-state index contributed by atoms with van der Waals surface area (Å²) >= 11 is 7.66. The van der Waals surface area contributed by atoms with Gasteiger partial charge in [-0.3, -0.25) is 0 Å². The first-order valence-electron chi connectivity index (χ1n) is 6.76. The number of hydrogen-bond donors (Lipinski definition) is 1. The van der Waals surface area contributed by atoms with Crippen LogP contribution in [0, 0.1) is 5.41 Å². The van der Waals surface area contributed by atoms with E-state index in [4.69, 9.17) is 11.6 Å². The number of hydrogen-bond acceptors (Lipinski definition) is 2. The van der Waals surface area contributed by atoms with E-state index in [1.807, 2.05) is 6.07 Å².